The number of fused-ring (bicyclic) bond motifs is 14. The van der Waals surface area contributed by atoms with Crippen molar-refractivity contribution in [2.45, 2.75) is 54.8 Å². The molecular weight excluding hydrogens is 1230 g/mol. The minimum atomic E-state index is -2.13. The molecule has 0 aliphatic carbocycles. The Labute approximate surface area is 518 Å². The van der Waals surface area contributed by atoms with Crippen molar-refractivity contribution < 1.29 is 87.9 Å². The SMILES string of the molecule is COC(=O)[C@@H]1NC(=O)[C@H]2NC(=O)[C@H](NC(=O)[C@@H]3NC(=O)[C@H]4NC(=O)[C@@H](Cc5ccc(c(Cl)c5)Oc5cc3cc(c5OCCCl)Oc3ccc(cc3Cl)[C@H]2O)NC(=O)[C@H](N)c2ccc(O)c(c2)Oc2cc(O)cc4c2)c2ccc(O)c(c2)-c2c(O)cc(O)cc21. The summed E-state index contributed by atoms with van der Waals surface area (Å²) in [6.07, 6.45) is -2.40. The zero-order chi connectivity index (χ0) is 63.3. The molecule has 25 nitrogen and oxygen atoms in total. The van der Waals surface area contributed by atoms with Crippen LogP contribution in [0.2, 0.25) is 10.0 Å². The summed E-state index contributed by atoms with van der Waals surface area (Å²) < 4.78 is 30.3. The number of ether oxygens (including phenoxy) is 5. The first kappa shape index (κ1) is 60.5. The first-order valence-corrected chi connectivity index (χ1v) is 28.2. The number of phenolic OH excluding ortho intramolecular Hbond substituents is 5. The van der Waals surface area contributed by atoms with Crippen LogP contribution in [-0.4, -0.2) is 104 Å². The van der Waals surface area contributed by atoms with Crippen LogP contribution < -0.4 is 56.6 Å². The summed E-state index contributed by atoms with van der Waals surface area (Å²) in [5, 5.41) is 83.6. The number of hydrogen-bond acceptors (Lipinski definition) is 19. The van der Waals surface area contributed by atoms with E-state index < -0.39 is 119 Å². The van der Waals surface area contributed by atoms with E-state index in [4.69, 9.17) is 64.2 Å². The average Bonchev–Trinajstić information content (AvgIpc) is 1.98. The summed E-state index contributed by atoms with van der Waals surface area (Å²) in [7, 11) is 0.973. The molecular formula is C61H50Cl3N7O18. The van der Waals surface area contributed by atoms with Crippen molar-refractivity contribution in [2.24, 2.45) is 5.73 Å². The van der Waals surface area contributed by atoms with Gasteiger partial charge < -0.3 is 92.0 Å². The number of carbonyl (C=O) groups is 7. The van der Waals surface area contributed by atoms with E-state index in [9.17, 15) is 49.8 Å². The third kappa shape index (κ3) is 12.2. The van der Waals surface area contributed by atoms with Crippen LogP contribution in [0.4, 0.5) is 0 Å². The number of methoxy groups -OCH3 is 1. The molecule has 13 rings (SSSR count). The smallest absolute Gasteiger partial charge is 0.333 e. The van der Waals surface area contributed by atoms with E-state index in [2.05, 4.69) is 31.9 Å². The van der Waals surface area contributed by atoms with Gasteiger partial charge in [-0.05, 0) is 112 Å². The molecule has 6 aliphatic rings. The Morgan fingerprint density at radius 2 is 1.16 bits per heavy atom. The average molecular weight is 1280 g/mol. The van der Waals surface area contributed by atoms with E-state index in [0.717, 1.165) is 43.5 Å². The number of aliphatic hydroxyl groups is 1. The number of benzene rings is 7. The van der Waals surface area contributed by atoms with E-state index >= 15 is 14.4 Å². The normalized spacial score (nSPS) is 21.5. The van der Waals surface area contributed by atoms with Crippen molar-refractivity contribution in [1.82, 2.24) is 31.9 Å². The largest absolute Gasteiger partial charge is 0.508 e. The van der Waals surface area contributed by atoms with Crippen LogP contribution in [0, 0.1) is 0 Å². The summed E-state index contributed by atoms with van der Waals surface area (Å²) in [4.78, 5) is 105. The fraction of sp³-hybridized carbons (Fsp3) is 0.197. The highest BCUT2D eigenvalue weighted by Gasteiger charge is 2.42. The Hall–Kier alpha value is -10.2. The van der Waals surface area contributed by atoms with Crippen LogP contribution in [0.15, 0.2) is 115 Å². The minimum Gasteiger partial charge on any atom is -0.508 e. The van der Waals surface area contributed by atoms with Gasteiger partial charge in [-0.3, -0.25) is 28.8 Å². The highest BCUT2D eigenvalue weighted by Crippen LogP contribution is 2.49. The lowest BCUT2D eigenvalue weighted by atomic mass is 9.89. The number of nitrogens with one attached hydrogen (secondary N) is 6. The van der Waals surface area contributed by atoms with Crippen LogP contribution >= 0.6 is 34.8 Å². The standard InChI is InChI=1S/C61H50Cl3N7O18/c1-85-61(84)51-34-22-31(73)23-40(76)46(34)33-16-26(4-6-38(33)74)48-57(80)71-52(60(83)70-51)53(77)27-5-9-42(36(64)17-27)89-45-20-29-19-44(54(45)86-11-10-62)88-41-8-2-24(12-35(41)63)13-37-55(78)67-49(58(81)69-50(29)59(82)68-48)28-14-30(72)21-32(15-28)87-43-18-25(3-7-39(43)75)47(65)56(79)66-37/h2-9,12,14-23,37,47-53,72-77H,10-11,13,65H2,1H3,(H,66,79)(H,67,78)(H,68,82)(H,69,81)(H,70,83)(H,71,80)/t37-,47-,48-,49+,50-,51-,52+,53-/m1/s1. The number of alkyl halides is 1. The number of phenols is 5. The predicted octanol–water partition coefficient (Wildman–Crippen LogP) is 5.99. The summed E-state index contributed by atoms with van der Waals surface area (Å²) >= 11 is 20.2. The lowest BCUT2D eigenvalue weighted by molar-refractivity contribution is -0.146. The van der Waals surface area contributed by atoms with Gasteiger partial charge in [-0.2, -0.15) is 0 Å². The van der Waals surface area contributed by atoms with E-state index in [0.29, 0.717) is 5.56 Å². The molecule has 8 atom stereocenters. The van der Waals surface area contributed by atoms with Crippen LogP contribution in [-0.2, 0) is 44.7 Å². The Morgan fingerprint density at radius 1 is 0.562 bits per heavy atom. The van der Waals surface area contributed by atoms with Gasteiger partial charge in [-0.25, -0.2) is 4.79 Å². The van der Waals surface area contributed by atoms with Crippen LogP contribution in [0.1, 0.15) is 75.3 Å². The van der Waals surface area contributed by atoms with Gasteiger partial charge in [-0.1, -0.05) is 47.5 Å². The minimum absolute atomic E-state index is 0.0659. The van der Waals surface area contributed by atoms with Gasteiger partial charge in [0, 0.05) is 35.2 Å². The number of nitrogens with two attached hydrogens (primary N) is 1. The molecule has 0 saturated heterocycles. The first-order chi connectivity index (χ1) is 42.5. The van der Waals surface area contributed by atoms with Crippen molar-refractivity contribution in [2.75, 3.05) is 19.6 Å². The third-order valence-electron chi connectivity index (χ3n) is 14.9. The molecule has 0 saturated carbocycles. The molecule has 89 heavy (non-hydrogen) atoms. The number of aromatic hydroxyl groups is 5. The van der Waals surface area contributed by atoms with E-state index in [-0.39, 0.29) is 114 Å². The number of hydrogen-bond donors (Lipinski definition) is 13. The fourth-order valence-electron chi connectivity index (χ4n) is 10.6. The van der Waals surface area contributed by atoms with Crippen molar-refractivity contribution in [3.05, 3.63) is 164 Å². The molecule has 28 heteroatoms. The molecule has 7 aromatic carbocycles. The maximum Gasteiger partial charge on any atom is 0.333 e. The van der Waals surface area contributed by atoms with Crippen molar-refractivity contribution in [3.8, 4) is 80.1 Å². The summed E-state index contributed by atoms with van der Waals surface area (Å²) in [5.74, 6) is -12.7. The molecule has 17 bridgehead atoms. The number of carbonyl (C=O) groups excluding carboxylic acids is 7. The van der Waals surface area contributed by atoms with Gasteiger partial charge in [-0.15, -0.1) is 11.6 Å². The Kier molecular flexibility index (Phi) is 16.7. The van der Waals surface area contributed by atoms with E-state index in [1.165, 1.54) is 78.9 Å². The summed E-state index contributed by atoms with van der Waals surface area (Å²) in [6.45, 7) is -0.215. The van der Waals surface area contributed by atoms with Crippen molar-refractivity contribution in [1.29, 1.82) is 0 Å². The second kappa shape index (κ2) is 24.5. The lowest BCUT2D eigenvalue weighted by Crippen LogP contribution is -2.55. The highest BCUT2D eigenvalue weighted by molar-refractivity contribution is 6.32. The Bertz CT molecular complexity index is 4120. The molecule has 0 unspecified atom stereocenters. The Morgan fingerprint density at radius 3 is 1.83 bits per heavy atom. The van der Waals surface area contributed by atoms with Crippen molar-refractivity contribution >= 4 is 76.2 Å². The summed E-state index contributed by atoms with van der Waals surface area (Å²) in [6, 6.07) is 9.73. The molecule has 0 radical (unpaired) electrons. The second-order valence-corrected chi connectivity index (χ2v) is 22.0. The monoisotopic (exact) mass is 1270 g/mol. The van der Waals surface area contributed by atoms with Gasteiger partial charge in [0.25, 0.3) is 0 Å². The van der Waals surface area contributed by atoms with Gasteiger partial charge >= 0.3 is 5.97 Å². The van der Waals surface area contributed by atoms with E-state index in [1.807, 2.05) is 0 Å². The molecule has 0 aromatic heterocycles. The zero-order valence-electron chi connectivity index (χ0n) is 46.0. The van der Waals surface area contributed by atoms with Crippen LogP contribution in [0.5, 0.6) is 69.0 Å². The Balaban J connectivity index is 1.16. The molecule has 6 amide bonds. The maximum absolute atomic E-state index is 15.9. The summed E-state index contributed by atoms with van der Waals surface area (Å²) in [5.41, 5.74) is 5.02. The molecule has 6 heterocycles. The van der Waals surface area contributed by atoms with Crippen LogP contribution in [0.3, 0.4) is 0 Å². The molecule has 0 fully saturated rings. The van der Waals surface area contributed by atoms with Gasteiger partial charge in [0.1, 0.15) is 89.2 Å². The molecule has 7 aromatic rings. The van der Waals surface area contributed by atoms with E-state index in [1.54, 1.807) is 0 Å². The van der Waals surface area contributed by atoms with Gasteiger partial charge in [0.05, 0.1) is 23.0 Å². The molecule has 0 spiro atoms. The van der Waals surface area contributed by atoms with Gasteiger partial charge in [0.2, 0.25) is 41.2 Å². The number of amides is 6. The van der Waals surface area contributed by atoms with Gasteiger partial charge in [0.15, 0.2) is 29.0 Å². The number of rotatable bonds is 4. The molecule has 458 valence electrons. The zero-order valence-corrected chi connectivity index (χ0v) is 48.3. The topological polar surface area (TPSA) is 385 Å². The molecule has 14 N–H and O–H groups in total. The number of halogens is 3. The second-order valence-electron chi connectivity index (χ2n) is 20.8. The number of esters is 1. The van der Waals surface area contributed by atoms with Crippen LogP contribution in [0.25, 0.3) is 11.1 Å². The maximum atomic E-state index is 15.9. The fourth-order valence-corrected chi connectivity index (χ4v) is 11.2. The highest BCUT2D eigenvalue weighted by atomic mass is 35.5. The quantitative estimate of drug-likeness (QED) is 0.0711. The first-order valence-electron chi connectivity index (χ1n) is 26.9. The van der Waals surface area contributed by atoms with Crippen molar-refractivity contribution in [3.63, 3.8) is 0 Å². The third-order valence-corrected chi connectivity index (χ3v) is 15.7. The lowest BCUT2D eigenvalue weighted by Gasteiger charge is -2.31. The number of aliphatic hydroxyl groups excluding tert-OH is 1. The molecule has 6 aliphatic heterocycles. The predicted molar refractivity (Wildman–Crippen MR) is 314 cm³/mol.